The molecule has 0 aliphatic heterocycles. The van der Waals surface area contributed by atoms with Crippen LogP contribution in [0.25, 0.3) is 0 Å². The molecule has 17 heavy (non-hydrogen) atoms. The van der Waals surface area contributed by atoms with Gasteiger partial charge in [0.1, 0.15) is 11.9 Å². The highest BCUT2D eigenvalue weighted by Gasteiger charge is 2.19. The second kappa shape index (κ2) is 5.40. The van der Waals surface area contributed by atoms with E-state index in [2.05, 4.69) is 15.9 Å². The molecule has 5 heteroatoms. The number of methoxy groups -OCH3 is 1. The van der Waals surface area contributed by atoms with Gasteiger partial charge in [-0.1, -0.05) is 33.6 Å². The molecule has 0 radical (unpaired) electrons. The molecule has 0 saturated heterocycles. The van der Waals surface area contributed by atoms with Crippen LogP contribution in [0.4, 0.5) is 0 Å². The molecular formula is C12H10BrClO2S. The van der Waals surface area contributed by atoms with E-state index in [0.717, 1.165) is 9.35 Å². The fourth-order valence-electron chi connectivity index (χ4n) is 1.55. The van der Waals surface area contributed by atoms with Crippen molar-refractivity contribution in [3.05, 3.63) is 49.6 Å². The lowest BCUT2D eigenvalue weighted by Crippen LogP contribution is -2.01. The van der Waals surface area contributed by atoms with Gasteiger partial charge in [-0.2, -0.15) is 0 Å². The lowest BCUT2D eigenvalue weighted by atomic mass is 10.1. The number of benzene rings is 1. The quantitative estimate of drug-likeness (QED) is 0.909. The van der Waals surface area contributed by atoms with E-state index < -0.39 is 6.10 Å². The van der Waals surface area contributed by atoms with E-state index in [9.17, 15) is 5.11 Å². The first-order valence-corrected chi connectivity index (χ1v) is 6.93. The van der Waals surface area contributed by atoms with Gasteiger partial charge in [0.05, 0.1) is 17.0 Å². The van der Waals surface area contributed by atoms with Crippen molar-refractivity contribution >= 4 is 38.9 Å². The molecule has 2 nitrogen and oxygen atoms in total. The molecule has 0 spiro atoms. The van der Waals surface area contributed by atoms with Crippen LogP contribution in [0.1, 0.15) is 16.5 Å². The van der Waals surface area contributed by atoms with Crippen LogP contribution in [0, 0.1) is 0 Å². The van der Waals surface area contributed by atoms with Gasteiger partial charge in [0.2, 0.25) is 0 Å². The normalized spacial score (nSPS) is 12.5. The third-order valence-corrected chi connectivity index (χ3v) is 4.29. The second-order valence-corrected chi connectivity index (χ2v) is 5.69. The number of ether oxygens (including phenoxy) is 1. The monoisotopic (exact) mass is 332 g/mol. The van der Waals surface area contributed by atoms with Crippen molar-refractivity contribution in [3.63, 3.8) is 0 Å². The fourth-order valence-corrected chi connectivity index (χ4v) is 3.05. The van der Waals surface area contributed by atoms with Crippen molar-refractivity contribution < 1.29 is 9.84 Å². The maximum atomic E-state index is 10.3. The zero-order valence-corrected chi connectivity index (χ0v) is 12.1. The van der Waals surface area contributed by atoms with Gasteiger partial charge >= 0.3 is 0 Å². The molecule has 0 bridgehead atoms. The van der Waals surface area contributed by atoms with Gasteiger partial charge in [-0.05, 0) is 23.6 Å². The molecule has 0 aliphatic carbocycles. The van der Waals surface area contributed by atoms with E-state index in [1.54, 1.807) is 13.2 Å². The van der Waals surface area contributed by atoms with Crippen molar-refractivity contribution in [2.45, 2.75) is 6.10 Å². The van der Waals surface area contributed by atoms with Gasteiger partial charge in [0.25, 0.3) is 0 Å². The van der Waals surface area contributed by atoms with E-state index in [1.807, 2.05) is 23.6 Å². The van der Waals surface area contributed by atoms with Gasteiger partial charge in [-0.25, -0.2) is 0 Å². The summed E-state index contributed by atoms with van der Waals surface area (Å²) in [6.07, 6.45) is -0.759. The van der Waals surface area contributed by atoms with Crippen LogP contribution in [0.15, 0.2) is 34.1 Å². The number of aliphatic hydroxyl groups is 1. The highest BCUT2D eigenvalue weighted by molar-refractivity contribution is 9.10. The lowest BCUT2D eigenvalue weighted by molar-refractivity contribution is 0.218. The molecule has 90 valence electrons. The van der Waals surface area contributed by atoms with Gasteiger partial charge in [0, 0.05) is 10.0 Å². The SMILES string of the molecule is COc1cc(Br)ccc1C(O)c1sccc1Cl. The number of halogens is 2. The number of aliphatic hydroxyl groups excluding tert-OH is 1. The predicted octanol–water partition coefficient (Wildman–Crippen LogP) is 4.25. The van der Waals surface area contributed by atoms with Gasteiger partial charge in [0.15, 0.2) is 0 Å². The molecule has 1 aromatic heterocycles. The summed E-state index contributed by atoms with van der Waals surface area (Å²) in [5.41, 5.74) is 0.708. The van der Waals surface area contributed by atoms with Crippen LogP contribution in [0.3, 0.4) is 0 Å². The predicted molar refractivity (Wildman–Crippen MR) is 74.1 cm³/mol. The Labute approximate surface area is 117 Å². The number of hydrogen-bond acceptors (Lipinski definition) is 3. The highest BCUT2D eigenvalue weighted by atomic mass is 79.9. The molecular weight excluding hydrogens is 324 g/mol. The summed E-state index contributed by atoms with van der Waals surface area (Å²) in [5.74, 6) is 0.636. The Kier molecular flexibility index (Phi) is 4.09. The molecule has 0 fully saturated rings. The third-order valence-electron chi connectivity index (χ3n) is 2.38. The minimum absolute atomic E-state index is 0.576. The second-order valence-electron chi connectivity index (χ2n) is 3.42. The first-order chi connectivity index (χ1) is 8.13. The van der Waals surface area contributed by atoms with Crippen molar-refractivity contribution in [2.24, 2.45) is 0 Å². The number of hydrogen-bond donors (Lipinski definition) is 1. The maximum absolute atomic E-state index is 10.3. The van der Waals surface area contributed by atoms with Crippen LogP contribution in [-0.2, 0) is 0 Å². The largest absolute Gasteiger partial charge is 0.496 e. The van der Waals surface area contributed by atoms with Gasteiger partial charge in [-0.15, -0.1) is 11.3 Å². The lowest BCUT2D eigenvalue weighted by Gasteiger charge is -2.14. The van der Waals surface area contributed by atoms with Crippen LogP contribution in [0.5, 0.6) is 5.75 Å². The Morgan fingerprint density at radius 3 is 2.76 bits per heavy atom. The molecule has 2 rings (SSSR count). The maximum Gasteiger partial charge on any atom is 0.126 e. The standard InChI is InChI=1S/C12H10BrClO2S/c1-16-10-6-7(13)2-3-8(10)11(15)12-9(14)4-5-17-12/h2-6,11,15H,1H3. The molecule has 0 aliphatic rings. The fraction of sp³-hybridized carbons (Fsp3) is 0.167. The molecule has 1 unspecified atom stereocenters. The molecule has 1 aromatic carbocycles. The number of rotatable bonds is 3. The Balaban J connectivity index is 2.44. The minimum atomic E-state index is -0.759. The van der Waals surface area contributed by atoms with Crippen LogP contribution >= 0.6 is 38.9 Å². The summed E-state index contributed by atoms with van der Waals surface area (Å²) >= 11 is 10.8. The van der Waals surface area contributed by atoms with E-state index in [-0.39, 0.29) is 0 Å². The van der Waals surface area contributed by atoms with E-state index >= 15 is 0 Å². The third kappa shape index (κ3) is 2.65. The summed E-state index contributed by atoms with van der Waals surface area (Å²) in [6.45, 7) is 0. The molecule has 1 heterocycles. The average molecular weight is 334 g/mol. The zero-order valence-electron chi connectivity index (χ0n) is 8.98. The van der Waals surface area contributed by atoms with Crippen LogP contribution in [0.2, 0.25) is 5.02 Å². The van der Waals surface area contributed by atoms with E-state index in [0.29, 0.717) is 16.3 Å². The minimum Gasteiger partial charge on any atom is -0.496 e. The topological polar surface area (TPSA) is 29.5 Å². The van der Waals surface area contributed by atoms with E-state index in [1.165, 1.54) is 11.3 Å². The Morgan fingerprint density at radius 2 is 2.18 bits per heavy atom. The Hall–Kier alpha value is -0.550. The summed E-state index contributed by atoms with van der Waals surface area (Å²) in [6, 6.07) is 7.28. The van der Waals surface area contributed by atoms with Crippen LogP contribution in [-0.4, -0.2) is 12.2 Å². The summed E-state index contributed by atoms with van der Waals surface area (Å²) in [5, 5.41) is 12.7. The molecule has 0 amide bonds. The molecule has 1 atom stereocenters. The van der Waals surface area contributed by atoms with Gasteiger partial charge in [-0.3, -0.25) is 0 Å². The summed E-state index contributed by atoms with van der Waals surface area (Å²) in [4.78, 5) is 0.729. The van der Waals surface area contributed by atoms with Crippen molar-refractivity contribution in [2.75, 3.05) is 7.11 Å². The van der Waals surface area contributed by atoms with Gasteiger partial charge < -0.3 is 9.84 Å². The van der Waals surface area contributed by atoms with Crippen LogP contribution < -0.4 is 4.74 Å². The average Bonchev–Trinajstić information content (AvgIpc) is 2.74. The van der Waals surface area contributed by atoms with E-state index in [4.69, 9.17) is 16.3 Å². The number of thiophene rings is 1. The Bertz CT molecular complexity index is 527. The zero-order chi connectivity index (χ0) is 12.4. The highest BCUT2D eigenvalue weighted by Crippen LogP contribution is 2.37. The first kappa shape index (κ1) is 12.9. The van der Waals surface area contributed by atoms with Crippen molar-refractivity contribution in [1.82, 2.24) is 0 Å². The summed E-state index contributed by atoms with van der Waals surface area (Å²) in [7, 11) is 1.58. The Morgan fingerprint density at radius 1 is 1.41 bits per heavy atom. The molecule has 0 saturated carbocycles. The van der Waals surface area contributed by atoms with Crippen molar-refractivity contribution in [1.29, 1.82) is 0 Å². The molecule has 1 N–H and O–H groups in total. The summed E-state index contributed by atoms with van der Waals surface area (Å²) < 4.78 is 6.16. The molecule has 2 aromatic rings. The first-order valence-electron chi connectivity index (χ1n) is 4.88. The van der Waals surface area contributed by atoms with Crippen molar-refractivity contribution in [3.8, 4) is 5.75 Å². The smallest absolute Gasteiger partial charge is 0.126 e.